The summed E-state index contributed by atoms with van der Waals surface area (Å²) in [6, 6.07) is 7.13. The lowest BCUT2D eigenvalue weighted by molar-refractivity contribution is -0.126. The first-order valence-corrected chi connectivity index (χ1v) is 10.5. The fraction of sp³-hybridized carbons (Fsp3) is 0.611. The summed E-state index contributed by atoms with van der Waals surface area (Å²) >= 11 is 0. The maximum atomic E-state index is 12.7. The van der Waals surface area contributed by atoms with Crippen LogP contribution in [0.15, 0.2) is 29.2 Å². The van der Waals surface area contributed by atoms with Crippen LogP contribution in [-0.4, -0.2) is 50.9 Å². The van der Waals surface area contributed by atoms with Crippen molar-refractivity contribution in [2.24, 2.45) is 5.92 Å². The first-order valence-electron chi connectivity index (χ1n) is 9.05. The standard InChI is InChI=1S/C18H27N3O3S/c1-14-4-6-17(7-5-14)25(23,24)21-11-8-15(9-12-21)18(22)20-16-3-2-10-19-13-16/h4-7,15-16,19H,2-3,8-13H2,1H3,(H,20,22)/t16-/m0/s1. The van der Waals surface area contributed by atoms with Crippen molar-refractivity contribution in [1.29, 1.82) is 0 Å². The highest BCUT2D eigenvalue weighted by Crippen LogP contribution is 2.24. The lowest BCUT2D eigenvalue weighted by atomic mass is 9.96. The summed E-state index contributed by atoms with van der Waals surface area (Å²) in [6.45, 7) is 4.57. The fourth-order valence-electron chi connectivity index (χ4n) is 3.51. The van der Waals surface area contributed by atoms with Crippen molar-refractivity contribution in [3.8, 4) is 0 Å². The molecule has 0 bridgehead atoms. The lowest BCUT2D eigenvalue weighted by Crippen LogP contribution is -2.49. The number of sulfonamides is 1. The first-order chi connectivity index (χ1) is 12.0. The van der Waals surface area contributed by atoms with Gasteiger partial charge in [-0.25, -0.2) is 8.42 Å². The molecule has 1 aromatic carbocycles. The molecule has 2 fully saturated rings. The maximum absolute atomic E-state index is 12.7. The van der Waals surface area contributed by atoms with Crippen molar-refractivity contribution in [3.05, 3.63) is 29.8 Å². The Kier molecular flexibility index (Phi) is 5.76. The Labute approximate surface area is 150 Å². The van der Waals surface area contributed by atoms with E-state index in [4.69, 9.17) is 0 Å². The van der Waals surface area contributed by atoms with Gasteiger partial charge < -0.3 is 10.6 Å². The molecule has 2 aliphatic rings. The molecule has 0 spiro atoms. The van der Waals surface area contributed by atoms with Crippen LogP contribution in [0.2, 0.25) is 0 Å². The van der Waals surface area contributed by atoms with Gasteiger partial charge in [0.1, 0.15) is 0 Å². The van der Waals surface area contributed by atoms with Gasteiger partial charge in [0.2, 0.25) is 15.9 Å². The first kappa shape index (κ1) is 18.4. The Morgan fingerprint density at radius 3 is 2.44 bits per heavy atom. The zero-order valence-electron chi connectivity index (χ0n) is 14.7. The highest BCUT2D eigenvalue weighted by atomic mass is 32.2. The van der Waals surface area contributed by atoms with Crippen LogP contribution in [0.1, 0.15) is 31.2 Å². The second kappa shape index (κ2) is 7.85. The van der Waals surface area contributed by atoms with Crippen LogP contribution < -0.4 is 10.6 Å². The molecule has 3 rings (SSSR count). The van der Waals surface area contributed by atoms with Gasteiger partial charge in [-0.3, -0.25) is 4.79 Å². The fourth-order valence-corrected chi connectivity index (χ4v) is 4.98. The summed E-state index contributed by atoms with van der Waals surface area (Å²) in [5.41, 5.74) is 1.03. The number of carbonyl (C=O) groups excluding carboxylic acids is 1. The van der Waals surface area contributed by atoms with Crippen molar-refractivity contribution in [2.75, 3.05) is 26.2 Å². The van der Waals surface area contributed by atoms with Crippen LogP contribution in [0, 0.1) is 12.8 Å². The van der Waals surface area contributed by atoms with Gasteiger partial charge in [0.05, 0.1) is 4.90 Å². The molecule has 1 atom stereocenters. The third kappa shape index (κ3) is 4.40. The summed E-state index contributed by atoms with van der Waals surface area (Å²) in [4.78, 5) is 12.8. The topological polar surface area (TPSA) is 78.5 Å². The third-order valence-corrected chi connectivity index (χ3v) is 7.04. The van der Waals surface area contributed by atoms with E-state index in [0.717, 1.165) is 31.5 Å². The minimum absolute atomic E-state index is 0.0704. The van der Waals surface area contributed by atoms with Crippen LogP contribution in [0.25, 0.3) is 0 Å². The van der Waals surface area contributed by atoms with Gasteiger partial charge in [-0.05, 0) is 51.3 Å². The molecule has 138 valence electrons. The van der Waals surface area contributed by atoms with E-state index in [-0.39, 0.29) is 17.9 Å². The van der Waals surface area contributed by atoms with E-state index < -0.39 is 10.0 Å². The van der Waals surface area contributed by atoms with Crippen molar-refractivity contribution in [3.63, 3.8) is 0 Å². The number of piperidine rings is 2. The second-order valence-corrected chi connectivity index (χ2v) is 8.98. The Morgan fingerprint density at radius 1 is 1.16 bits per heavy atom. The van der Waals surface area contributed by atoms with Gasteiger partial charge in [0.15, 0.2) is 0 Å². The number of aryl methyl sites for hydroxylation is 1. The number of hydrogen-bond donors (Lipinski definition) is 2. The monoisotopic (exact) mass is 365 g/mol. The second-order valence-electron chi connectivity index (χ2n) is 7.04. The average Bonchev–Trinajstić information content (AvgIpc) is 2.63. The lowest BCUT2D eigenvalue weighted by Gasteiger charge is -2.32. The van der Waals surface area contributed by atoms with Crippen molar-refractivity contribution in [2.45, 2.75) is 43.5 Å². The quantitative estimate of drug-likeness (QED) is 0.842. The van der Waals surface area contributed by atoms with Crippen LogP contribution >= 0.6 is 0 Å². The normalized spacial score (nSPS) is 23.3. The predicted octanol–water partition coefficient (Wildman–Crippen LogP) is 1.26. The van der Waals surface area contributed by atoms with Gasteiger partial charge in [-0.1, -0.05) is 17.7 Å². The van der Waals surface area contributed by atoms with E-state index in [2.05, 4.69) is 10.6 Å². The van der Waals surface area contributed by atoms with E-state index in [1.807, 2.05) is 19.1 Å². The maximum Gasteiger partial charge on any atom is 0.243 e. The molecule has 1 aromatic rings. The Morgan fingerprint density at radius 2 is 1.84 bits per heavy atom. The minimum Gasteiger partial charge on any atom is -0.352 e. The minimum atomic E-state index is -3.46. The molecule has 0 aromatic heterocycles. The molecular weight excluding hydrogens is 338 g/mol. The van der Waals surface area contributed by atoms with Gasteiger partial charge >= 0.3 is 0 Å². The van der Waals surface area contributed by atoms with Gasteiger partial charge in [-0.2, -0.15) is 4.31 Å². The average molecular weight is 365 g/mol. The molecule has 0 unspecified atom stereocenters. The van der Waals surface area contributed by atoms with Gasteiger partial charge in [0, 0.05) is 31.6 Å². The molecule has 0 aliphatic carbocycles. The molecule has 2 aliphatic heterocycles. The Hall–Kier alpha value is -1.44. The number of benzene rings is 1. The zero-order chi connectivity index (χ0) is 17.9. The largest absolute Gasteiger partial charge is 0.352 e. The Balaban J connectivity index is 1.55. The summed E-state index contributed by atoms with van der Waals surface area (Å²) in [7, 11) is -3.46. The number of nitrogens with zero attached hydrogens (tertiary/aromatic N) is 1. The smallest absolute Gasteiger partial charge is 0.243 e. The molecular formula is C18H27N3O3S. The molecule has 0 saturated carbocycles. The summed E-state index contributed by atoms with van der Waals surface area (Å²) in [5.74, 6) is -0.0209. The molecule has 0 radical (unpaired) electrons. The SMILES string of the molecule is Cc1ccc(S(=O)(=O)N2CCC(C(=O)N[C@H]3CCCNC3)CC2)cc1. The number of nitrogens with one attached hydrogen (secondary N) is 2. The molecule has 25 heavy (non-hydrogen) atoms. The van der Waals surface area contributed by atoms with E-state index in [1.54, 1.807) is 12.1 Å². The number of carbonyl (C=O) groups is 1. The van der Waals surface area contributed by atoms with E-state index in [1.165, 1.54) is 4.31 Å². The zero-order valence-corrected chi connectivity index (χ0v) is 15.5. The summed E-state index contributed by atoms with van der Waals surface area (Å²) in [6.07, 6.45) is 3.26. The molecule has 7 heteroatoms. The predicted molar refractivity (Wildman–Crippen MR) is 96.7 cm³/mol. The number of hydrogen-bond acceptors (Lipinski definition) is 4. The molecule has 1 amide bonds. The van der Waals surface area contributed by atoms with Crippen molar-refractivity contribution >= 4 is 15.9 Å². The third-order valence-electron chi connectivity index (χ3n) is 5.13. The molecule has 6 nitrogen and oxygen atoms in total. The van der Waals surface area contributed by atoms with Gasteiger partial charge in [-0.15, -0.1) is 0 Å². The molecule has 2 saturated heterocycles. The Bertz CT molecular complexity index is 689. The summed E-state index contributed by atoms with van der Waals surface area (Å²) < 4.78 is 26.9. The number of amides is 1. The van der Waals surface area contributed by atoms with Crippen molar-refractivity contribution < 1.29 is 13.2 Å². The van der Waals surface area contributed by atoms with E-state index in [0.29, 0.717) is 30.8 Å². The number of rotatable bonds is 4. The highest BCUT2D eigenvalue weighted by molar-refractivity contribution is 7.89. The van der Waals surface area contributed by atoms with Crippen LogP contribution in [0.3, 0.4) is 0 Å². The summed E-state index contributed by atoms with van der Waals surface area (Å²) in [5, 5.41) is 6.40. The molecule has 2 heterocycles. The highest BCUT2D eigenvalue weighted by Gasteiger charge is 2.32. The van der Waals surface area contributed by atoms with Crippen LogP contribution in [0.5, 0.6) is 0 Å². The van der Waals surface area contributed by atoms with Crippen molar-refractivity contribution in [1.82, 2.24) is 14.9 Å². The van der Waals surface area contributed by atoms with E-state index in [9.17, 15) is 13.2 Å². The van der Waals surface area contributed by atoms with Crippen LogP contribution in [-0.2, 0) is 14.8 Å². The van der Waals surface area contributed by atoms with Crippen LogP contribution in [0.4, 0.5) is 0 Å². The van der Waals surface area contributed by atoms with E-state index >= 15 is 0 Å². The molecule has 2 N–H and O–H groups in total. The van der Waals surface area contributed by atoms with Gasteiger partial charge in [0.25, 0.3) is 0 Å².